The van der Waals surface area contributed by atoms with E-state index in [0.29, 0.717) is 11.4 Å². The first kappa shape index (κ1) is 8.68. The van der Waals surface area contributed by atoms with Crippen molar-refractivity contribution in [2.45, 2.75) is 6.92 Å². The van der Waals surface area contributed by atoms with Crippen molar-refractivity contribution in [1.29, 1.82) is 0 Å². The zero-order chi connectivity index (χ0) is 10.1. The lowest BCUT2D eigenvalue weighted by atomic mass is 10.2. The average molecular weight is 191 g/mol. The number of nitrogen functional groups attached to an aromatic ring is 2. The molecule has 0 unspecified atom stereocenters. The van der Waals surface area contributed by atoms with Crippen LogP contribution < -0.4 is 16.9 Å². The van der Waals surface area contributed by atoms with Crippen LogP contribution in [-0.4, -0.2) is 16.2 Å². The van der Waals surface area contributed by atoms with Crippen LogP contribution in [0.3, 0.4) is 0 Å². The summed E-state index contributed by atoms with van der Waals surface area (Å²) in [4.78, 5) is 4.19. The summed E-state index contributed by atoms with van der Waals surface area (Å²) in [6, 6.07) is 3.55. The number of imidazole rings is 1. The Hall–Kier alpha value is -1.91. The third-order valence-electron chi connectivity index (χ3n) is 2.09. The van der Waals surface area contributed by atoms with E-state index in [-0.39, 0.29) is 0 Å². The summed E-state index contributed by atoms with van der Waals surface area (Å²) >= 11 is 0. The number of hydrogen-bond acceptors (Lipinski definition) is 4. The van der Waals surface area contributed by atoms with Gasteiger partial charge in [0.25, 0.3) is 0 Å². The molecular formula is C9H13N5. The molecule has 1 aromatic heterocycles. The smallest absolute Gasteiger partial charge is 0.116 e. The van der Waals surface area contributed by atoms with Gasteiger partial charge in [0.15, 0.2) is 0 Å². The third kappa shape index (κ3) is 1.14. The summed E-state index contributed by atoms with van der Waals surface area (Å²) in [5, 5.41) is 0. The SMILES string of the molecule is CCNn1cnc2c(N)ccc(N)c21. The number of anilines is 2. The molecule has 1 aromatic carbocycles. The minimum Gasteiger partial charge on any atom is -0.397 e. The first-order chi connectivity index (χ1) is 6.74. The lowest BCUT2D eigenvalue weighted by molar-refractivity contribution is 0.889. The van der Waals surface area contributed by atoms with E-state index < -0.39 is 0 Å². The second kappa shape index (κ2) is 3.10. The molecule has 0 aliphatic heterocycles. The van der Waals surface area contributed by atoms with Gasteiger partial charge in [-0.15, -0.1) is 0 Å². The van der Waals surface area contributed by atoms with Crippen LogP contribution in [0.4, 0.5) is 11.4 Å². The Morgan fingerprint density at radius 2 is 2.07 bits per heavy atom. The first-order valence-corrected chi connectivity index (χ1v) is 4.49. The van der Waals surface area contributed by atoms with Crippen LogP contribution in [0.2, 0.25) is 0 Å². The minimum atomic E-state index is 0.644. The Kier molecular flexibility index (Phi) is 1.92. The van der Waals surface area contributed by atoms with Crippen molar-refractivity contribution in [3.8, 4) is 0 Å². The molecule has 0 fully saturated rings. The van der Waals surface area contributed by atoms with Gasteiger partial charge in [-0.25, -0.2) is 9.66 Å². The van der Waals surface area contributed by atoms with Crippen molar-refractivity contribution >= 4 is 22.4 Å². The van der Waals surface area contributed by atoms with E-state index in [2.05, 4.69) is 10.4 Å². The minimum absolute atomic E-state index is 0.644. The Morgan fingerprint density at radius 1 is 1.36 bits per heavy atom. The van der Waals surface area contributed by atoms with Gasteiger partial charge in [-0.3, -0.25) is 0 Å². The summed E-state index contributed by atoms with van der Waals surface area (Å²) < 4.78 is 1.79. The Bertz CT molecular complexity index is 459. The maximum Gasteiger partial charge on any atom is 0.116 e. The normalized spacial score (nSPS) is 10.6. The van der Waals surface area contributed by atoms with Crippen molar-refractivity contribution in [1.82, 2.24) is 9.66 Å². The molecule has 0 amide bonds. The van der Waals surface area contributed by atoms with Gasteiger partial charge in [0, 0.05) is 6.54 Å². The van der Waals surface area contributed by atoms with Crippen LogP contribution in [-0.2, 0) is 0 Å². The van der Waals surface area contributed by atoms with Gasteiger partial charge in [-0.1, -0.05) is 0 Å². The number of aromatic nitrogens is 2. The van der Waals surface area contributed by atoms with E-state index in [1.807, 2.05) is 6.92 Å². The average Bonchev–Trinajstić information content (AvgIpc) is 2.58. The number of nitrogens with two attached hydrogens (primary N) is 2. The number of rotatable bonds is 2. The molecule has 0 aliphatic rings. The van der Waals surface area contributed by atoms with Gasteiger partial charge in [0.1, 0.15) is 17.4 Å². The van der Waals surface area contributed by atoms with E-state index in [1.165, 1.54) is 0 Å². The molecule has 0 spiro atoms. The maximum atomic E-state index is 5.84. The van der Waals surface area contributed by atoms with Crippen LogP contribution in [0.15, 0.2) is 18.5 Å². The zero-order valence-electron chi connectivity index (χ0n) is 7.99. The molecule has 5 nitrogen and oxygen atoms in total. The highest BCUT2D eigenvalue weighted by molar-refractivity contribution is 5.95. The number of fused-ring (bicyclic) bond motifs is 1. The molecule has 0 radical (unpaired) electrons. The standard InChI is InChI=1S/C9H13N5/c1-2-13-14-5-12-8-6(10)3-4-7(11)9(8)14/h3-5,13H,2,10-11H2,1H3. The molecular weight excluding hydrogens is 178 g/mol. The van der Waals surface area contributed by atoms with Gasteiger partial charge < -0.3 is 16.9 Å². The highest BCUT2D eigenvalue weighted by Gasteiger charge is 2.07. The number of benzene rings is 1. The molecule has 5 N–H and O–H groups in total. The van der Waals surface area contributed by atoms with Crippen molar-refractivity contribution in [3.63, 3.8) is 0 Å². The lowest BCUT2D eigenvalue weighted by Crippen LogP contribution is -2.13. The molecule has 0 aliphatic carbocycles. The monoisotopic (exact) mass is 191 g/mol. The van der Waals surface area contributed by atoms with Crippen LogP contribution in [0.1, 0.15) is 6.92 Å². The number of nitrogens with one attached hydrogen (secondary N) is 1. The van der Waals surface area contributed by atoms with Crippen LogP contribution in [0.5, 0.6) is 0 Å². The molecule has 14 heavy (non-hydrogen) atoms. The molecule has 5 heteroatoms. The third-order valence-corrected chi connectivity index (χ3v) is 2.09. The highest BCUT2D eigenvalue weighted by Crippen LogP contribution is 2.24. The summed E-state index contributed by atoms with van der Waals surface area (Å²) in [5.41, 5.74) is 17.6. The van der Waals surface area contributed by atoms with Gasteiger partial charge in [0.05, 0.1) is 11.4 Å². The molecule has 0 atom stereocenters. The summed E-state index contributed by atoms with van der Waals surface area (Å²) in [7, 11) is 0. The van der Waals surface area contributed by atoms with Crippen LogP contribution in [0, 0.1) is 0 Å². The van der Waals surface area contributed by atoms with Crippen LogP contribution in [0.25, 0.3) is 11.0 Å². The Morgan fingerprint density at radius 3 is 2.79 bits per heavy atom. The molecule has 1 heterocycles. The Labute approximate surface area is 81.7 Å². The van der Waals surface area contributed by atoms with Gasteiger partial charge >= 0.3 is 0 Å². The predicted molar refractivity (Wildman–Crippen MR) is 58.5 cm³/mol. The molecule has 74 valence electrons. The maximum absolute atomic E-state index is 5.84. The fourth-order valence-corrected chi connectivity index (χ4v) is 1.46. The van der Waals surface area contributed by atoms with E-state index in [9.17, 15) is 0 Å². The van der Waals surface area contributed by atoms with Crippen LogP contribution >= 0.6 is 0 Å². The topological polar surface area (TPSA) is 81.9 Å². The molecule has 0 saturated carbocycles. The Balaban J connectivity index is 2.70. The van der Waals surface area contributed by atoms with E-state index in [0.717, 1.165) is 17.6 Å². The molecule has 2 aromatic rings. The van der Waals surface area contributed by atoms with Gasteiger partial charge in [-0.05, 0) is 19.1 Å². The summed E-state index contributed by atoms with van der Waals surface area (Å²) in [6.45, 7) is 2.81. The number of hydrogen-bond donors (Lipinski definition) is 3. The molecule has 2 rings (SSSR count). The zero-order valence-corrected chi connectivity index (χ0v) is 7.99. The molecule has 0 bridgehead atoms. The number of nitrogens with zero attached hydrogens (tertiary/aromatic N) is 2. The van der Waals surface area contributed by atoms with Crippen molar-refractivity contribution in [3.05, 3.63) is 18.5 Å². The van der Waals surface area contributed by atoms with Gasteiger partial charge in [-0.2, -0.15) is 0 Å². The van der Waals surface area contributed by atoms with Crippen molar-refractivity contribution < 1.29 is 0 Å². The van der Waals surface area contributed by atoms with Crippen molar-refractivity contribution in [2.75, 3.05) is 23.4 Å². The van der Waals surface area contributed by atoms with E-state index in [1.54, 1.807) is 23.1 Å². The molecule has 0 saturated heterocycles. The van der Waals surface area contributed by atoms with E-state index >= 15 is 0 Å². The second-order valence-electron chi connectivity index (χ2n) is 3.07. The first-order valence-electron chi connectivity index (χ1n) is 4.49. The summed E-state index contributed by atoms with van der Waals surface area (Å²) in [6.07, 6.45) is 1.68. The van der Waals surface area contributed by atoms with E-state index in [4.69, 9.17) is 11.5 Å². The quantitative estimate of drug-likeness (QED) is 0.612. The predicted octanol–water partition coefficient (Wildman–Crippen LogP) is 0.764. The van der Waals surface area contributed by atoms with Crippen molar-refractivity contribution in [2.24, 2.45) is 0 Å². The largest absolute Gasteiger partial charge is 0.397 e. The summed E-state index contributed by atoms with van der Waals surface area (Å²) in [5.74, 6) is 0. The fraction of sp³-hybridized carbons (Fsp3) is 0.222. The second-order valence-corrected chi connectivity index (χ2v) is 3.07. The lowest BCUT2D eigenvalue weighted by Gasteiger charge is -2.07. The highest BCUT2D eigenvalue weighted by atomic mass is 15.4. The van der Waals surface area contributed by atoms with Gasteiger partial charge in [0.2, 0.25) is 0 Å². The fourth-order valence-electron chi connectivity index (χ4n) is 1.46.